The lowest BCUT2D eigenvalue weighted by Crippen LogP contribution is -2.47. The quantitative estimate of drug-likeness (QED) is 0.486. The van der Waals surface area contributed by atoms with E-state index in [0.29, 0.717) is 19.1 Å². The van der Waals surface area contributed by atoms with Crippen molar-refractivity contribution < 1.29 is 4.74 Å². The van der Waals surface area contributed by atoms with Crippen LogP contribution in [0.5, 0.6) is 0 Å². The Hall–Kier alpha value is -0.890. The fourth-order valence-electron chi connectivity index (χ4n) is 2.12. The highest BCUT2D eigenvalue weighted by molar-refractivity contribution is 14.0. The summed E-state index contributed by atoms with van der Waals surface area (Å²) in [6, 6.07) is 4.11. The minimum atomic E-state index is 0. The molecule has 5 nitrogen and oxygen atoms in total. The Balaban J connectivity index is 0.00000200. The third kappa shape index (κ3) is 4.90. The molecule has 1 aromatic heterocycles. The van der Waals surface area contributed by atoms with Crippen LogP contribution in [0.1, 0.15) is 25.1 Å². The summed E-state index contributed by atoms with van der Waals surface area (Å²) >= 11 is 0. The van der Waals surface area contributed by atoms with Gasteiger partial charge in [-0.05, 0) is 31.0 Å². The second kappa shape index (κ2) is 8.41. The molecule has 20 heavy (non-hydrogen) atoms. The first-order valence-electron chi connectivity index (χ1n) is 6.79. The number of aromatic nitrogens is 1. The average Bonchev–Trinajstić information content (AvgIpc) is 2.45. The van der Waals surface area contributed by atoms with Gasteiger partial charge in [0.25, 0.3) is 0 Å². The Morgan fingerprint density at radius 1 is 1.60 bits per heavy atom. The maximum atomic E-state index is 6.02. The number of aryl methyl sites for hydroxylation is 1. The second-order valence-electron chi connectivity index (χ2n) is 4.81. The fourth-order valence-corrected chi connectivity index (χ4v) is 2.12. The van der Waals surface area contributed by atoms with Gasteiger partial charge in [-0.1, -0.05) is 6.92 Å². The molecular weight excluding hydrogens is 367 g/mol. The van der Waals surface area contributed by atoms with E-state index in [9.17, 15) is 0 Å². The Morgan fingerprint density at radius 2 is 2.40 bits per heavy atom. The zero-order valence-corrected chi connectivity index (χ0v) is 14.4. The molecule has 1 aromatic rings. The van der Waals surface area contributed by atoms with Crippen molar-refractivity contribution in [2.45, 2.75) is 32.9 Å². The van der Waals surface area contributed by atoms with E-state index in [0.717, 1.165) is 25.2 Å². The molecule has 0 saturated carbocycles. The Morgan fingerprint density at radius 3 is 3.10 bits per heavy atom. The number of halogens is 1. The smallest absolute Gasteiger partial charge is 0.191 e. The topological polar surface area (TPSA) is 63.7 Å². The monoisotopic (exact) mass is 390 g/mol. The van der Waals surface area contributed by atoms with Gasteiger partial charge in [0.2, 0.25) is 0 Å². The van der Waals surface area contributed by atoms with Crippen molar-refractivity contribution in [1.29, 1.82) is 0 Å². The van der Waals surface area contributed by atoms with E-state index in [1.54, 1.807) is 0 Å². The Labute approximate surface area is 137 Å². The number of nitrogens with two attached hydrogens (primary N) is 1. The van der Waals surface area contributed by atoms with Gasteiger partial charge in [-0.3, -0.25) is 4.98 Å². The van der Waals surface area contributed by atoms with Crippen molar-refractivity contribution in [1.82, 2.24) is 9.88 Å². The summed E-state index contributed by atoms with van der Waals surface area (Å²) in [5.41, 5.74) is 8.26. The Kier molecular flexibility index (Phi) is 7.22. The highest BCUT2D eigenvalue weighted by atomic mass is 127. The summed E-state index contributed by atoms with van der Waals surface area (Å²) in [5, 5.41) is 0. The lowest BCUT2D eigenvalue weighted by Gasteiger charge is -2.31. The summed E-state index contributed by atoms with van der Waals surface area (Å²) < 4.78 is 5.49. The number of pyridine rings is 1. The normalized spacial score (nSPS) is 19.6. The summed E-state index contributed by atoms with van der Waals surface area (Å²) in [6.45, 7) is 7.03. The maximum Gasteiger partial charge on any atom is 0.191 e. The van der Waals surface area contributed by atoms with Gasteiger partial charge in [0, 0.05) is 19.3 Å². The van der Waals surface area contributed by atoms with Crippen LogP contribution < -0.4 is 5.73 Å². The van der Waals surface area contributed by atoms with Crippen LogP contribution in [0.25, 0.3) is 0 Å². The average molecular weight is 390 g/mol. The predicted molar refractivity (Wildman–Crippen MR) is 91.3 cm³/mol. The summed E-state index contributed by atoms with van der Waals surface area (Å²) in [5.74, 6) is 0.582. The van der Waals surface area contributed by atoms with Crippen LogP contribution >= 0.6 is 24.0 Å². The van der Waals surface area contributed by atoms with Gasteiger partial charge in [0.15, 0.2) is 5.96 Å². The van der Waals surface area contributed by atoms with Crippen molar-refractivity contribution in [3.05, 3.63) is 29.6 Å². The van der Waals surface area contributed by atoms with E-state index in [4.69, 9.17) is 10.5 Å². The number of hydrogen-bond acceptors (Lipinski definition) is 3. The first-order chi connectivity index (χ1) is 9.19. The number of ether oxygens (including phenoxy) is 1. The van der Waals surface area contributed by atoms with Gasteiger partial charge in [-0.25, -0.2) is 4.99 Å². The summed E-state index contributed by atoms with van der Waals surface area (Å²) in [6.07, 6.45) is 3.05. The van der Waals surface area contributed by atoms with Crippen molar-refractivity contribution in [2.24, 2.45) is 10.7 Å². The van der Waals surface area contributed by atoms with Gasteiger partial charge in [-0.2, -0.15) is 0 Å². The van der Waals surface area contributed by atoms with Crippen LogP contribution in [0.2, 0.25) is 0 Å². The van der Waals surface area contributed by atoms with Gasteiger partial charge >= 0.3 is 0 Å². The SMILES string of the molecule is CCc1ccnc(CN=C(N)N2CCOC(C)C2)c1.I. The molecule has 2 N–H and O–H groups in total. The van der Waals surface area contributed by atoms with Gasteiger partial charge in [0.05, 0.1) is 24.9 Å². The molecule has 1 saturated heterocycles. The number of morpholine rings is 1. The molecule has 2 heterocycles. The molecule has 1 atom stereocenters. The first kappa shape index (κ1) is 17.2. The minimum absolute atomic E-state index is 0. The zero-order chi connectivity index (χ0) is 13.7. The van der Waals surface area contributed by atoms with E-state index in [1.165, 1.54) is 5.56 Å². The van der Waals surface area contributed by atoms with Crippen LogP contribution in [-0.4, -0.2) is 41.6 Å². The first-order valence-corrected chi connectivity index (χ1v) is 6.79. The zero-order valence-electron chi connectivity index (χ0n) is 12.1. The largest absolute Gasteiger partial charge is 0.375 e. The number of nitrogens with zero attached hydrogens (tertiary/aromatic N) is 3. The third-order valence-corrected chi connectivity index (χ3v) is 3.26. The van der Waals surface area contributed by atoms with Crippen molar-refractivity contribution in [3.8, 4) is 0 Å². The lowest BCUT2D eigenvalue weighted by molar-refractivity contribution is 0.00528. The van der Waals surface area contributed by atoms with Crippen LogP contribution in [-0.2, 0) is 17.7 Å². The predicted octanol–water partition coefficient (Wildman–Crippen LogP) is 1.80. The van der Waals surface area contributed by atoms with Gasteiger partial charge in [-0.15, -0.1) is 24.0 Å². The molecule has 1 aliphatic heterocycles. The highest BCUT2D eigenvalue weighted by Gasteiger charge is 2.17. The van der Waals surface area contributed by atoms with Crippen LogP contribution in [0.3, 0.4) is 0 Å². The third-order valence-electron chi connectivity index (χ3n) is 3.26. The van der Waals surface area contributed by atoms with Crippen LogP contribution in [0, 0.1) is 0 Å². The van der Waals surface area contributed by atoms with Crippen molar-refractivity contribution in [2.75, 3.05) is 19.7 Å². The number of hydrogen-bond donors (Lipinski definition) is 1. The van der Waals surface area contributed by atoms with Crippen LogP contribution in [0.15, 0.2) is 23.3 Å². The molecule has 0 amide bonds. The number of aliphatic imine (C=N–C) groups is 1. The van der Waals surface area contributed by atoms with Gasteiger partial charge < -0.3 is 15.4 Å². The molecule has 2 rings (SSSR count). The van der Waals surface area contributed by atoms with Crippen molar-refractivity contribution in [3.63, 3.8) is 0 Å². The number of rotatable bonds is 3. The van der Waals surface area contributed by atoms with E-state index in [1.807, 2.05) is 19.2 Å². The lowest BCUT2D eigenvalue weighted by atomic mass is 10.2. The van der Waals surface area contributed by atoms with Gasteiger partial charge in [0.1, 0.15) is 0 Å². The standard InChI is InChI=1S/C14H22N4O.HI/c1-3-12-4-5-16-13(8-12)9-17-14(15)18-6-7-19-11(2)10-18;/h4-5,8,11H,3,6-7,9-10H2,1-2H3,(H2,15,17);1H. The molecule has 112 valence electrons. The molecule has 0 bridgehead atoms. The maximum absolute atomic E-state index is 6.02. The molecule has 1 fully saturated rings. The summed E-state index contributed by atoms with van der Waals surface area (Å²) in [7, 11) is 0. The number of guanidine groups is 1. The molecule has 1 aliphatic rings. The summed E-state index contributed by atoms with van der Waals surface area (Å²) in [4.78, 5) is 10.8. The molecular formula is C14H23IN4O. The molecule has 6 heteroatoms. The van der Waals surface area contributed by atoms with E-state index in [2.05, 4.69) is 27.9 Å². The molecule has 0 spiro atoms. The van der Waals surface area contributed by atoms with Crippen LogP contribution in [0.4, 0.5) is 0 Å². The second-order valence-corrected chi connectivity index (χ2v) is 4.81. The minimum Gasteiger partial charge on any atom is -0.375 e. The molecule has 0 radical (unpaired) electrons. The fraction of sp³-hybridized carbons (Fsp3) is 0.571. The molecule has 0 aliphatic carbocycles. The molecule has 0 aromatic carbocycles. The Bertz CT molecular complexity index is 453. The van der Waals surface area contributed by atoms with E-state index < -0.39 is 0 Å². The van der Waals surface area contributed by atoms with Crippen molar-refractivity contribution >= 4 is 29.9 Å². The molecule has 1 unspecified atom stereocenters. The van der Waals surface area contributed by atoms with E-state index in [-0.39, 0.29) is 30.1 Å². The highest BCUT2D eigenvalue weighted by Crippen LogP contribution is 2.06. The van der Waals surface area contributed by atoms with E-state index >= 15 is 0 Å².